The Morgan fingerprint density at radius 1 is 1.47 bits per heavy atom. The van der Waals surface area contributed by atoms with Crippen LogP contribution in [-0.2, 0) is 13.0 Å². The summed E-state index contributed by atoms with van der Waals surface area (Å²) in [5, 5.41) is 2.95. The Morgan fingerprint density at radius 3 is 3.21 bits per heavy atom. The number of nitrogens with one attached hydrogen (secondary N) is 1. The molecule has 1 atom stereocenters. The van der Waals surface area contributed by atoms with E-state index in [0.29, 0.717) is 5.56 Å². The van der Waals surface area contributed by atoms with Crippen molar-refractivity contribution < 1.29 is 9.18 Å². The fraction of sp³-hybridized carbons (Fsp3) is 0.286. The van der Waals surface area contributed by atoms with Crippen molar-refractivity contribution in [2.75, 3.05) is 0 Å². The van der Waals surface area contributed by atoms with Crippen LogP contribution in [0.5, 0.6) is 0 Å². The van der Waals surface area contributed by atoms with Gasteiger partial charge in [0.2, 0.25) is 0 Å². The molecule has 5 heteroatoms. The summed E-state index contributed by atoms with van der Waals surface area (Å²) in [5.41, 5.74) is 1.48. The van der Waals surface area contributed by atoms with Gasteiger partial charge in [0.15, 0.2) is 0 Å². The molecule has 0 spiro atoms. The number of hydrogen-bond acceptors (Lipinski definition) is 2. The lowest BCUT2D eigenvalue weighted by Gasteiger charge is -2.24. The minimum absolute atomic E-state index is 0.0833. The maximum atomic E-state index is 13.1. The zero-order valence-electron chi connectivity index (χ0n) is 10.3. The predicted molar refractivity (Wildman–Crippen MR) is 68.2 cm³/mol. The van der Waals surface area contributed by atoms with E-state index < -0.39 is 5.82 Å². The van der Waals surface area contributed by atoms with Crippen LogP contribution in [0.3, 0.4) is 0 Å². The van der Waals surface area contributed by atoms with E-state index >= 15 is 0 Å². The van der Waals surface area contributed by atoms with Gasteiger partial charge in [0, 0.05) is 36.5 Å². The van der Waals surface area contributed by atoms with Crippen molar-refractivity contribution in [2.24, 2.45) is 0 Å². The first-order valence-corrected chi connectivity index (χ1v) is 6.28. The third-order valence-corrected chi connectivity index (χ3v) is 3.39. The molecule has 1 unspecified atom stereocenters. The van der Waals surface area contributed by atoms with E-state index in [1.807, 2.05) is 6.20 Å². The van der Waals surface area contributed by atoms with Crippen LogP contribution in [0.25, 0.3) is 0 Å². The summed E-state index contributed by atoms with van der Waals surface area (Å²) in [7, 11) is 0. The molecule has 3 rings (SSSR count). The number of rotatable bonds is 2. The number of aromatic nitrogens is 2. The van der Waals surface area contributed by atoms with E-state index in [4.69, 9.17) is 0 Å². The third-order valence-electron chi connectivity index (χ3n) is 3.39. The highest BCUT2D eigenvalue weighted by atomic mass is 19.1. The van der Waals surface area contributed by atoms with Gasteiger partial charge in [0.05, 0.1) is 6.33 Å². The fourth-order valence-electron chi connectivity index (χ4n) is 2.39. The van der Waals surface area contributed by atoms with Crippen LogP contribution in [0.2, 0.25) is 0 Å². The molecule has 0 saturated carbocycles. The van der Waals surface area contributed by atoms with Gasteiger partial charge in [-0.3, -0.25) is 4.79 Å². The van der Waals surface area contributed by atoms with Crippen LogP contribution < -0.4 is 5.32 Å². The minimum Gasteiger partial charge on any atom is -0.349 e. The Kier molecular flexibility index (Phi) is 3.03. The highest BCUT2D eigenvalue weighted by Gasteiger charge is 2.20. The van der Waals surface area contributed by atoms with E-state index in [-0.39, 0.29) is 11.9 Å². The van der Waals surface area contributed by atoms with Crippen molar-refractivity contribution in [1.82, 2.24) is 14.9 Å². The monoisotopic (exact) mass is 259 g/mol. The number of halogens is 1. The maximum Gasteiger partial charge on any atom is 0.251 e. The SMILES string of the molecule is O=C(NC1CCn2cncc2C1)c1cccc(F)c1. The summed E-state index contributed by atoms with van der Waals surface area (Å²) in [6, 6.07) is 5.82. The van der Waals surface area contributed by atoms with Gasteiger partial charge in [-0.25, -0.2) is 9.37 Å². The average molecular weight is 259 g/mol. The summed E-state index contributed by atoms with van der Waals surface area (Å²) >= 11 is 0. The number of nitrogens with zero attached hydrogens (tertiary/aromatic N) is 2. The molecular formula is C14H14FN3O. The summed E-state index contributed by atoms with van der Waals surface area (Å²) in [6.45, 7) is 0.851. The standard InChI is InChI=1S/C14H14FN3O/c15-11-3-1-2-10(6-11)14(19)17-12-4-5-18-9-16-8-13(18)7-12/h1-3,6,8-9,12H,4-5,7H2,(H,17,19). The highest BCUT2D eigenvalue weighted by Crippen LogP contribution is 2.15. The van der Waals surface area contributed by atoms with Crippen molar-refractivity contribution >= 4 is 5.91 Å². The Balaban J connectivity index is 1.68. The summed E-state index contributed by atoms with van der Waals surface area (Å²) in [4.78, 5) is 16.1. The molecule has 1 aliphatic rings. The van der Waals surface area contributed by atoms with Crippen LogP contribution in [0.15, 0.2) is 36.8 Å². The van der Waals surface area contributed by atoms with Gasteiger partial charge < -0.3 is 9.88 Å². The van der Waals surface area contributed by atoms with Crippen molar-refractivity contribution in [3.8, 4) is 0 Å². The number of amides is 1. The zero-order chi connectivity index (χ0) is 13.2. The van der Waals surface area contributed by atoms with Crippen LogP contribution in [0.1, 0.15) is 22.5 Å². The average Bonchev–Trinajstić information content (AvgIpc) is 2.86. The lowest BCUT2D eigenvalue weighted by molar-refractivity contribution is 0.0930. The number of hydrogen-bond donors (Lipinski definition) is 1. The van der Waals surface area contributed by atoms with Crippen LogP contribution in [0, 0.1) is 5.82 Å². The second kappa shape index (κ2) is 4.84. The number of aryl methyl sites for hydroxylation is 1. The number of fused-ring (bicyclic) bond motifs is 1. The number of benzene rings is 1. The lowest BCUT2D eigenvalue weighted by Crippen LogP contribution is -2.39. The number of imidazole rings is 1. The Hall–Kier alpha value is -2.17. The molecule has 1 aliphatic heterocycles. The van der Waals surface area contributed by atoms with E-state index in [1.165, 1.54) is 12.1 Å². The Bertz CT molecular complexity index is 608. The molecule has 1 aromatic carbocycles. The lowest BCUT2D eigenvalue weighted by atomic mass is 10.0. The molecule has 4 nitrogen and oxygen atoms in total. The van der Waals surface area contributed by atoms with Crippen molar-refractivity contribution in [3.63, 3.8) is 0 Å². The second-order valence-electron chi connectivity index (χ2n) is 4.75. The van der Waals surface area contributed by atoms with Crippen molar-refractivity contribution in [3.05, 3.63) is 53.9 Å². The molecule has 0 fully saturated rings. The van der Waals surface area contributed by atoms with Crippen molar-refractivity contribution in [1.29, 1.82) is 0 Å². The first-order valence-electron chi connectivity index (χ1n) is 6.28. The smallest absolute Gasteiger partial charge is 0.251 e. The Morgan fingerprint density at radius 2 is 2.37 bits per heavy atom. The second-order valence-corrected chi connectivity index (χ2v) is 4.75. The molecule has 0 saturated heterocycles. The molecule has 0 bridgehead atoms. The molecule has 1 amide bonds. The van der Waals surface area contributed by atoms with E-state index in [0.717, 1.165) is 25.1 Å². The summed E-state index contributed by atoms with van der Waals surface area (Å²) < 4.78 is 15.2. The number of carbonyl (C=O) groups excluding carboxylic acids is 1. The van der Waals surface area contributed by atoms with Crippen LogP contribution in [-0.4, -0.2) is 21.5 Å². The minimum atomic E-state index is -0.394. The van der Waals surface area contributed by atoms with Crippen molar-refractivity contribution in [2.45, 2.75) is 25.4 Å². The van der Waals surface area contributed by atoms with E-state index in [1.54, 1.807) is 18.5 Å². The largest absolute Gasteiger partial charge is 0.349 e. The molecule has 1 N–H and O–H groups in total. The molecule has 19 heavy (non-hydrogen) atoms. The van der Waals surface area contributed by atoms with Gasteiger partial charge in [0.1, 0.15) is 5.82 Å². The van der Waals surface area contributed by atoms with Crippen LogP contribution in [0.4, 0.5) is 4.39 Å². The highest BCUT2D eigenvalue weighted by molar-refractivity contribution is 5.94. The normalized spacial score (nSPS) is 17.8. The quantitative estimate of drug-likeness (QED) is 0.893. The maximum absolute atomic E-state index is 13.1. The third kappa shape index (κ3) is 2.50. The van der Waals surface area contributed by atoms with Gasteiger partial charge in [-0.05, 0) is 24.6 Å². The number of carbonyl (C=O) groups is 1. The fourth-order valence-corrected chi connectivity index (χ4v) is 2.39. The first kappa shape index (κ1) is 11.9. The Labute approximate surface area is 110 Å². The summed E-state index contributed by atoms with van der Waals surface area (Å²) in [6.07, 6.45) is 5.26. The van der Waals surface area contributed by atoms with Gasteiger partial charge in [-0.1, -0.05) is 6.07 Å². The molecule has 2 heterocycles. The van der Waals surface area contributed by atoms with Crippen LogP contribution >= 0.6 is 0 Å². The first-order chi connectivity index (χ1) is 9.22. The predicted octanol–water partition coefficient (Wildman–Crippen LogP) is 1.77. The van der Waals surface area contributed by atoms with Gasteiger partial charge in [-0.2, -0.15) is 0 Å². The van der Waals surface area contributed by atoms with E-state index in [2.05, 4.69) is 14.9 Å². The van der Waals surface area contributed by atoms with Gasteiger partial charge >= 0.3 is 0 Å². The van der Waals surface area contributed by atoms with Gasteiger partial charge in [-0.15, -0.1) is 0 Å². The molecule has 98 valence electrons. The molecule has 1 aromatic heterocycles. The molecular weight excluding hydrogens is 245 g/mol. The van der Waals surface area contributed by atoms with Gasteiger partial charge in [0.25, 0.3) is 5.91 Å². The summed E-state index contributed by atoms with van der Waals surface area (Å²) in [5.74, 6) is -0.619. The zero-order valence-corrected chi connectivity index (χ0v) is 10.3. The van der Waals surface area contributed by atoms with E-state index in [9.17, 15) is 9.18 Å². The molecule has 0 aliphatic carbocycles. The topological polar surface area (TPSA) is 46.9 Å². The molecule has 0 radical (unpaired) electrons. The molecule has 2 aromatic rings.